The zero-order valence-electron chi connectivity index (χ0n) is 81.9. The molecule has 0 fully saturated rings. The van der Waals surface area contributed by atoms with Gasteiger partial charge in [-0.1, -0.05) is 157 Å². The largest absolute Gasteiger partial charge is 4.00 e. The van der Waals surface area contributed by atoms with Crippen LogP contribution in [0.3, 0.4) is 0 Å². The van der Waals surface area contributed by atoms with Crippen LogP contribution in [0.2, 0.25) is 0 Å². The number of aryl methyl sites for hydroxylation is 2. The third kappa shape index (κ3) is 52.9. The molecule has 0 aliphatic heterocycles. The summed E-state index contributed by atoms with van der Waals surface area (Å²) in [7, 11) is 3.47. The van der Waals surface area contributed by atoms with Crippen molar-refractivity contribution in [1.29, 1.82) is 0 Å². The molecule has 0 saturated heterocycles. The Hall–Kier alpha value is -8.25. The molecule has 2 atom stereocenters. The smallest absolute Gasteiger partial charge is 0.379 e. The summed E-state index contributed by atoms with van der Waals surface area (Å²) >= 11 is 0. The maximum Gasteiger partial charge on any atom is 4.00 e. The van der Waals surface area contributed by atoms with Gasteiger partial charge in [-0.15, -0.1) is 98.5 Å². The van der Waals surface area contributed by atoms with E-state index in [4.69, 9.17) is 28.4 Å². The Morgan fingerprint density at radius 2 is 0.687 bits per heavy atom. The summed E-state index contributed by atoms with van der Waals surface area (Å²) in [5.74, 6) is -6.99. The number of halogens is 8. The molecule has 6 aromatic rings. The van der Waals surface area contributed by atoms with Gasteiger partial charge < -0.3 is 48.9 Å². The van der Waals surface area contributed by atoms with E-state index in [9.17, 15) is 54.3 Å². The summed E-state index contributed by atoms with van der Waals surface area (Å²) < 4.78 is 141. The van der Waals surface area contributed by atoms with E-state index in [1.165, 1.54) is 34.1 Å². The minimum atomic E-state index is -0.913. The van der Waals surface area contributed by atoms with E-state index < -0.39 is 69.2 Å². The maximum absolute atomic E-state index is 14.2. The first-order chi connectivity index (χ1) is 63.1. The molecular formula is C110H144F8N4O10Ti2. The molecule has 0 radical (unpaired) electrons. The summed E-state index contributed by atoms with van der Waals surface area (Å²) in [5, 5.41) is 5.03. The van der Waals surface area contributed by atoms with Gasteiger partial charge >= 0.3 is 43.4 Å². The summed E-state index contributed by atoms with van der Waals surface area (Å²) in [6.07, 6.45) is 57.0. The third-order valence-corrected chi connectivity index (χ3v) is 21.6. The molecule has 14 nitrogen and oxygen atoms in total. The van der Waals surface area contributed by atoms with E-state index in [0.717, 1.165) is 164 Å². The molecule has 4 amide bonds. The van der Waals surface area contributed by atoms with Gasteiger partial charge in [-0.25, -0.2) is 83.7 Å². The van der Waals surface area contributed by atoms with Crippen LogP contribution in [0, 0.1) is 118 Å². The summed E-state index contributed by atoms with van der Waals surface area (Å²) in [4.78, 5) is 53.9. The number of carbonyl (C=O) groups is 4. The summed E-state index contributed by atoms with van der Waals surface area (Å²) in [6, 6.07) is 31.8. The first-order valence-corrected chi connectivity index (χ1v) is 46.3. The van der Waals surface area contributed by atoms with Gasteiger partial charge in [0.1, 0.15) is 0 Å². The van der Waals surface area contributed by atoms with Crippen LogP contribution < -0.4 is 20.4 Å². The molecular weight excluding hydrogens is 1780 g/mol. The Balaban J connectivity index is 0.000000825. The van der Waals surface area contributed by atoms with E-state index in [1.807, 2.05) is 139 Å². The van der Waals surface area contributed by atoms with Gasteiger partial charge in [0, 0.05) is 109 Å². The van der Waals surface area contributed by atoms with Gasteiger partial charge in [0.15, 0.2) is 0 Å². The van der Waals surface area contributed by atoms with Crippen molar-refractivity contribution in [3.63, 3.8) is 0 Å². The fraction of sp³-hybridized carbons (Fsp3) is 0.491. The second kappa shape index (κ2) is 71.2. The van der Waals surface area contributed by atoms with Gasteiger partial charge in [0.2, 0.25) is 23.6 Å². The number of anilines is 4. The molecule has 728 valence electrons. The van der Waals surface area contributed by atoms with E-state index in [1.54, 1.807) is 38.5 Å². The third-order valence-electron chi connectivity index (χ3n) is 21.6. The van der Waals surface area contributed by atoms with E-state index in [-0.39, 0.29) is 116 Å². The van der Waals surface area contributed by atoms with E-state index in [2.05, 4.69) is 115 Å². The monoisotopic (exact) mass is 1930 g/mol. The average Bonchev–Trinajstić information content (AvgIpc) is 0.923. The number of benzene rings is 6. The van der Waals surface area contributed by atoms with Crippen molar-refractivity contribution in [2.45, 2.75) is 249 Å². The van der Waals surface area contributed by atoms with Crippen LogP contribution in [0.25, 0.3) is 0 Å². The van der Waals surface area contributed by atoms with Crippen LogP contribution in [-0.2, 0) is 94.3 Å². The quantitative estimate of drug-likeness (QED) is 0.0163. The molecule has 134 heavy (non-hydrogen) atoms. The van der Waals surface area contributed by atoms with E-state index >= 15 is 0 Å². The molecule has 6 aromatic carbocycles. The van der Waals surface area contributed by atoms with Crippen molar-refractivity contribution in [2.75, 3.05) is 101 Å². The fourth-order valence-electron chi connectivity index (χ4n) is 13.4. The van der Waals surface area contributed by atoms with Gasteiger partial charge in [-0.3, -0.25) is 43.5 Å². The molecule has 0 heterocycles. The molecule has 0 aromatic heterocycles. The molecule has 4 aliphatic carbocycles. The average molecular weight is 1930 g/mol. The van der Waals surface area contributed by atoms with Gasteiger partial charge in [0.05, 0.1) is 50.8 Å². The fourth-order valence-corrected chi connectivity index (χ4v) is 13.4. The predicted molar refractivity (Wildman–Crippen MR) is 516 cm³/mol. The number of ether oxygens (including phenoxy) is 6. The van der Waals surface area contributed by atoms with Gasteiger partial charge in [-0.2, -0.15) is 24.3 Å². The van der Waals surface area contributed by atoms with Crippen LogP contribution in [0.1, 0.15) is 257 Å². The van der Waals surface area contributed by atoms with Gasteiger partial charge in [-0.05, 0) is 150 Å². The van der Waals surface area contributed by atoms with Crippen LogP contribution in [-0.4, -0.2) is 115 Å². The SMILES string of the molecule is CCCCOCCOCCN(C(=O)C(C)(C)CCC)c1ccc(F)[c-]c1F.CCCCOCCOCCN(C(=O)C(C)(C)CCC)c1ccc(F)[c-]c1F.COC(C)(C)CCCC(C)CCc1ccccc1C(=O)Nc1ccc(F)[c-]c1F.COC(C)(C)CCCC(C)CCc1ccccc1C(=O)Nc1ccc(F)[c-]c1F.[C-]1=CC=CC1.[C-]1=CC=CC1.[C-]1=CC=CC1.[C-]1=CC=CC1.[Ti+4].[Ti+4]. The molecule has 0 saturated carbocycles. The van der Waals surface area contributed by atoms with Crippen LogP contribution in [0.4, 0.5) is 57.9 Å². The zero-order valence-corrected chi connectivity index (χ0v) is 85.1. The first-order valence-electron chi connectivity index (χ1n) is 46.3. The molecule has 0 bridgehead atoms. The Bertz CT molecular complexity index is 4200. The number of nitrogens with one attached hydrogen (secondary N) is 2. The van der Waals surface area contributed by atoms with Crippen LogP contribution in [0.15, 0.2) is 170 Å². The van der Waals surface area contributed by atoms with Crippen molar-refractivity contribution in [3.05, 3.63) is 287 Å². The number of carbonyl (C=O) groups excluding carboxylic acids is 4. The molecule has 4 aliphatic rings. The Morgan fingerprint density at radius 3 is 0.955 bits per heavy atom. The van der Waals surface area contributed by atoms with Crippen LogP contribution in [0.5, 0.6) is 0 Å². The zero-order chi connectivity index (χ0) is 97.6. The number of methoxy groups -OCH3 is 2. The normalized spacial score (nSPS) is 12.8. The molecule has 24 heteroatoms. The van der Waals surface area contributed by atoms with Crippen molar-refractivity contribution >= 4 is 46.4 Å². The number of rotatable bonds is 46. The van der Waals surface area contributed by atoms with Crippen molar-refractivity contribution in [2.24, 2.45) is 22.7 Å². The van der Waals surface area contributed by atoms with Crippen molar-refractivity contribution < 1.29 is 126 Å². The number of nitrogens with zero attached hydrogens (tertiary/aromatic N) is 2. The number of hydrogen-bond acceptors (Lipinski definition) is 10. The first kappa shape index (κ1) is 124. The second-order valence-electron chi connectivity index (χ2n) is 34.7. The maximum atomic E-state index is 14.2. The molecule has 2 N–H and O–H groups in total. The number of amides is 4. The number of hydrogen-bond donors (Lipinski definition) is 2. The summed E-state index contributed by atoms with van der Waals surface area (Å²) in [5.41, 5.74) is 1.21. The minimum Gasteiger partial charge on any atom is -0.379 e. The van der Waals surface area contributed by atoms with Gasteiger partial charge in [0.25, 0.3) is 0 Å². The predicted octanol–water partition coefficient (Wildman–Crippen LogP) is 27.1. The standard InChI is InChI=1S/2C24H30F2NO2.2C21H32F2NO3.4C5H5.2Ti/c2*1-17(8-7-15-24(2,3)29-4)11-12-18-9-5-6-10-20(18)23(28)27-22-14-13-19(25)16-21(22)26;2*1-5-7-12-26-14-15-27-13-11-24(20(25)21(3,4)10-6-2)19-9-8-17(22)16-18(19)23;4*1-2-4-5-3-1;;/h2*5-6,9-10,13-14,17H,7-8,11-12,15H2,1-4H3,(H,27,28);2*8-9H,5-7,10-15H2,1-4H3;4*1-3H,4H2;;/q8*-1;2*+4. The topological polar surface area (TPSA) is 154 Å². The summed E-state index contributed by atoms with van der Waals surface area (Å²) in [6.45, 7) is 32.3. The Kier molecular flexibility index (Phi) is 65.8. The minimum absolute atomic E-state index is 0. The Labute approximate surface area is 827 Å². The van der Waals surface area contributed by atoms with E-state index in [0.29, 0.717) is 75.4 Å². The Morgan fingerprint density at radius 1 is 0.381 bits per heavy atom. The number of unbranched alkanes of at least 4 members (excludes halogenated alkanes) is 2. The molecule has 0 spiro atoms. The van der Waals surface area contributed by atoms with Crippen molar-refractivity contribution in [1.82, 2.24) is 0 Å². The number of allylic oxidation sites excluding steroid dienone is 16. The molecule has 10 rings (SSSR count). The second-order valence-corrected chi connectivity index (χ2v) is 34.7. The van der Waals surface area contributed by atoms with Crippen LogP contribution >= 0.6 is 0 Å². The molecule has 2 unspecified atom stereocenters. The van der Waals surface area contributed by atoms with Crippen molar-refractivity contribution in [3.8, 4) is 0 Å².